The largest absolute Gasteiger partial charge is 0.373 e. The number of nitrogens with zero attached hydrogens (tertiary/aromatic N) is 4. The van der Waals surface area contributed by atoms with E-state index < -0.39 is 5.54 Å². The van der Waals surface area contributed by atoms with E-state index in [1.807, 2.05) is 38.1 Å². The summed E-state index contributed by atoms with van der Waals surface area (Å²) in [5.41, 5.74) is 3.05. The van der Waals surface area contributed by atoms with Crippen LogP contribution in [0.25, 0.3) is 0 Å². The minimum atomic E-state index is -0.950. The Bertz CT molecular complexity index is 1100. The van der Waals surface area contributed by atoms with Crippen molar-refractivity contribution in [1.29, 1.82) is 0 Å². The second kappa shape index (κ2) is 8.04. The Morgan fingerprint density at radius 2 is 1.85 bits per heavy atom. The molecule has 3 heterocycles. The van der Waals surface area contributed by atoms with E-state index in [1.54, 1.807) is 11.1 Å². The number of hydrogen-bond donors (Lipinski definition) is 1. The van der Waals surface area contributed by atoms with Gasteiger partial charge in [0.15, 0.2) is 0 Å². The molecule has 2 aliphatic rings. The smallest absolute Gasteiger partial charge is 0.332 e. The summed E-state index contributed by atoms with van der Waals surface area (Å²) in [7, 11) is 2.07. The highest BCUT2D eigenvalue weighted by Crippen LogP contribution is 2.44. The first-order valence-electron chi connectivity index (χ1n) is 11.7. The Morgan fingerprint density at radius 1 is 1.12 bits per heavy atom. The van der Waals surface area contributed by atoms with Crippen LogP contribution in [0.15, 0.2) is 36.5 Å². The van der Waals surface area contributed by atoms with Crippen molar-refractivity contribution in [2.45, 2.75) is 71.5 Å². The van der Waals surface area contributed by atoms with Crippen molar-refractivity contribution in [1.82, 2.24) is 9.88 Å². The number of fused-ring (bicyclic) bond motifs is 1. The van der Waals surface area contributed by atoms with Crippen molar-refractivity contribution in [3.63, 3.8) is 0 Å². The molecule has 0 spiro atoms. The molecular formula is C26H35N5O2. The van der Waals surface area contributed by atoms with Crippen LogP contribution in [0.2, 0.25) is 0 Å². The number of pyridine rings is 1. The van der Waals surface area contributed by atoms with Crippen LogP contribution < -0.4 is 15.1 Å². The number of nitrogens with one attached hydrogen (secondary N) is 1. The lowest BCUT2D eigenvalue weighted by molar-refractivity contribution is -0.123. The fourth-order valence-electron chi connectivity index (χ4n) is 4.94. The van der Waals surface area contributed by atoms with E-state index in [-0.39, 0.29) is 23.4 Å². The number of hydrogen-bond acceptors (Lipinski definition) is 5. The topological polar surface area (TPSA) is 68.8 Å². The average molecular weight is 450 g/mol. The van der Waals surface area contributed by atoms with Gasteiger partial charge in [0.25, 0.3) is 5.91 Å². The molecule has 176 valence electrons. The molecule has 7 heteroatoms. The fraction of sp³-hybridized carbons (Fsp3) is 0.500. The van der Waals surface area contributed by atoms with Crippen LogP contribution in [0.5, 0.6) is 0 Å². The summed E-state index contributed by atoms with van der Waals surface area (Å²) in [5, 5.41) is 3.29. The average Bonchev–Trinajstić information content (AvgIpc) is 3.10. The van der Waals surface area contributed by atoms with Gasteiger partial charge in [-0.15, -0.1) is 0 Å². The Kier molecular flexibility index (Phi) is 5.63. The molecule has 1 atom stereocenters. The van der Waals surface area contributed by atoms with Crippen molar-refractivity contribution in [3.8, 4) is 0 Å². The van der Waals surface area contributed by atoms with Gasteiger partial charge in [-0.2, -0.15) is 0 Å². The molecule has 1 unspecified atom stereocenters. The molecule has 2 aliphatic heterocycles. The highest BCUT2D eigenvalue weighted by Gasteiger charge is 2.52. The van der Waals surface area contributed by atoms with Crippen LogP contribution in [0.4, 0.5) is 22.0 Å². The SMILES string of the molecule is CCC1(C)CN(C)c2cc(N3C(=O)N(Cc4ccnc(NC(C)C)c4)C(C)(C)C3=O)ccc21. The maximum absolute atomic E-state index is 13.6. The first kappa shape index (κ1) is 23.1. The minimum Gasteiger partial charge on any atom is -0.373 e. The van der Waals surface area contributed by atoms with Gasteiger partial charge in [-0.1, -0.05) is 19.9 Å². The highest BCUT2D eigenvalue weighted by atomic mass is 16.2. The van der Waals surface area contributed by atoms with Gasteiger partial charge in [-0.3, -0.25) is 4.79 Å². The molecule has 0 saturated carbocycles. The molecule has 4 rings (SSSR count). The normalized spacial score (nSPS) is 21.9. The van der Waals surface area contributed by atoms with Crippen molar-refractivity contribution >= 4 is 29.1 Å². The number of carbonyl (C=O) groups is 2. The third-order valence-electron chi connectivity index (χ3n) is 7.09. The molecule has 1 aromatic carbocycles. The van der Waals surface area contributed by atoms with Gasteiger partial charge in [-0.05, 0) is 69.5 Å². The van der Waals surface area contributed by atoms with Gasteiger partial charge in [0.05, 0.1) is 5.69 Å². The zero-order chi connectivity index (χ0) is 24.1. The number of carbonyl (C=O) groups excluding carboxylic acids is 2. The second-order valence-electron chi connectivity index (χ2n) is 10.4. The molecule has 1 N–H and O–H groups in total. The molecule has 0 bridgehead atoms. The first-order valence-corrected chi connectivity index (χ1v) is 11.7. The lowest BCUT2D eigenvalue weighted by Gasteiger charge is -2.27. The third-order valence-corrected chi connectivity index (χ3v) is 7.09. The number of rotatable bonds is 6. The van der Waals surface area contributed by atoms with Gasteiger partial charge in [0.1, 0.15) is 11.4 Å². The summed E-state index contributed by atoms with van der Waals surface area (Å²) >= 11 is 0. The summed E-state index contributed by atoms with van der Waals surface area (Å²) in [6.07, 6.45) is 2.76. The van der Waals surface area contributed by atoms with E-state index in [9.17, 15) is 9.59 Å². The number of urea groups is 1. The first-order chi connectivity index (χ1) is 15.5. The Hall–Kier alpha value is -3.09. The molecule has 0 aliphatic carbocycles. The standard InChI is InChI=1S/C26H35N5O2/c1-8-26(6)16-29(7)21-14-19(9-10-20(21)26)31-23(32)25(4,5)30(24(31)33)15-18-11-12-27-22(13-18)28-17(2)3/h9-14,17H,8,15-16H2,1-7H3,(H,27,28). The van der Waals surface area contributed by atoms with E-state index in [0.717, 1.165) is 30.0 Å². The van der Waals surface area contributed by atoms with E-state index in [2.05, 4.69) is 56.0 Å². The number of benzene rings is 1. The molecule has 1 fully saturated rings. The Morgan fingerprint density at radius 3 is 2.52 bits per heavy atom. The number of amides is 3. The van der Waals surface area contributed by atoms with Crippen LogP contribution in [0.3, 0.4) is 0 Å². The maximum atomic E-state index is 13.6. The number of likely N-dealkylation sites (N-methyl/N-ethyl adjacent to an activating group) is 1. The van der Waals surface area contributed by atoms with Crippen LogP contribution in [0.1, 0.15) is 59.1 Å². The lowest BCUT2D eigenvalue weighted by Crippen LogP contribution is -2.43. The van der Waals surface area contributed by atoms with Crippen molar-refractivity contribution in [2.24, 2.45) is 0 Å². The van der Waals surface area contributed by atoms with Crippen molar-refractivity contribution in [3.05, 3.63) is 47.7 Å². The Balaban J connectivity index is 1.65. The quantitative estimate of drug-likeness (QED) is 0.644. The van der Waals surface area contributed by atoms with Crippen molar-refractivity contribution < 1.29 is 9.59 Å². The molecule has 3 amide bonds. The number of anilines is 3. The highest BCUT2D eigenvalue weighted by molar-refractivity contribution is 6.23. The fourth-order valence-corrected chi connectivity index (χ4v) is 4.94. The summed E-state index contributed by atoms with van der Waals surface area (Å²) in [4.78, 5) is 36.5. The zero-order valence-corrected chi connectivity index (χ0v) is 20.8. The van der Waals surface area contributed by atoms with E-state index >= 15 is 0 Å². The van der Waals surface area contributed by atoms with Crippen molar-refractivity contribution in [2.75, 3.05) is 28.7 Å². The van der Waals surface area contributed by atoms with Gasteiger partial charge in [-0.25, -0.2) is 14.7 Å². The van der Waals surface area contributed by atoms with Gasteiger partial charge >= 0.3 is 6.03 Å². The molecule has 7 nitrogen and oxygen atoms in total. The van der Waals surface area contributed by atoms with Crippen LogP contribution >= 0.6 is 0 Å². The number of imide groups is 1. The van der Waals surface area contributed by atoms with Gasteiger partial charge in [0, 0.05) is 43.5 Å². The van der Waals surface area contributed by atoms with E-state index in [0.29, 0.717) is 12.2 Å². The molecule has 1 aromatic heterocycles. The van der Waals surface area contributed by atoms with Crippen LogP contribution in [-0.2, 0) is 16.8 Å². The summed E-state index contributed by atoms with van der Waals surface area (Å²) in [5.74, 6) is 0.553. The maximum Gasteiger partial charge on any atom is 0.332 e. The second-order valence-corrected chi connectivity index (χ2v) is 10.4. The molecule has 33 heavy (non-hydrogen) atoms. The van der Waals surface area contributed by atoms with Crippen LogP contribution in [-0.4, -0.2) is 47.0 Å². The van der Waals surface area contributed by atoms with E-state index in [4.69, 9.17) is 0 Å². The summed E-state index contributed by atoms with van der Waals surface area (Å²) in [6.45, 7) is 13.5. The third kappa shape index (κ3) is 3.83. The number of aromatic nitrogens is 1. The minimum absolute atomic E-state index is 0.0794. The molecule has 2 aromatic rings. The zero-order valence-electron chi connectivity index (χ0n) is 20.8. The van der Waals surface area contributed by atoms with E-state index in [1.165, 1.54) is 10.5 Å². The Labute approximate surface area is 196 Å². The summed E-state index contributed by atoms with van der Waals surface area (Å²) < 4.78 is 0. The van der Waals surface area contributed by atoms with Crippen LogP contribution in [0, 0.1) is 0 Å². The molecular weight excluding hydrogens is 414 g/mol. The predicted molar refractivity (Wildman–Crippen MR) is 133 cm³/mol. The molecule has 1 saturated heterocycles. The lowest BCUT2D eigenvalue weighted by atomic mass is 9.82. The monoisotopic (exact) mass is 449 g/mol. The summed E-state index contributed by atoms with van der Waals surface area (Å²) in [6, 6.07) is 9.77. The molecule has 0 radical (unpaired) electrons. The van der Waals surface area contributed by atoms with Gasteiger partial charge in [0.2, 0.25) is 0 Å². The van der Waals surface area contributed by atoms with Gasteiger partial charge < -0.3 is 15.1 Å². The predicted octanol–water partition coefficient (Wildman–Crippen LogP) is 4.77.